The van der Waals surface area contributed by atoms with Crippen molar-refractivity contribution in [2.24, 2.45) is 0 Å². The molecule has 0 unspecified atom stereocenters. The first kappa shape index (κ1) is 22.1. The number of likely N-dealkylation sites (N-methyl/N-ethyl adjacent to an activating group) is 1. The third-order valence-corrected chi connectivity index (χ3v) is 7.24. The van der Waals surface area contributed by atoms with E-state index in [1.165, 1.54) is 4.90 Å². The number of hydrogen-bond donors (Lipinski definition) is 0. The maximum Gasteiger partial charge on any atom is 0.291 e. The largest absolute Gasteiger partial charge is 0.497 e. The second-order valence-electron chi connectivity index (χ2n) is 8.96. The van der Waals surface area contributed by atoms with Gasteiger partial charge in [0.05, 0.1) is 23.7 Å². The molecule has 3 aromatic carbocycles. The normalized spacial score (nSPS) is 18.3. The summed E-state index contributed by atoms with van der Waals surface area (Å²) >= 11 is 0. The molecule has 7 nitrogen and oxygen atoms in total. The van der Waals surface area contributed by atoms with Crippen LogP contribution in [0.25, 0.3) is 11.0 Å². The third-order valence-electron chi connectivity index (χ3n) is 7.24. The number of benzene rings is 3. The number of anilines is 1. The molecule has 2 aliphatic heterocycles. The number of rotatable bonds is 5. The van der Waals surface area contributed by atoms with Crippen LogP contribution in [0.2, 0.25) is 0 Å². The number of fused-ring (bicyclic) bond motifs is 5. The quantitative estimate of drug-likeness (QED) is 0.430. The zero-order valence-electron chi connectivity index (χ0n) is 20.0. The molecule has 1 spiro atoms. The molecule has 1 aromatic heterocycles. The molecule has 36 heavy (non-hydrogen) atoms. The van der Waals surface area contributed by atoms with Crippen LogP contribution in [0, 0.1) is 0 Å². The maximum absolute atomic E-state index is 14.3. The van der Waals surface area contributed by atoms with Crippen molar-refractivity contribution in [3.63, 3.8) is 0 Å². The Morgan fingerprint density at radius 1 is 0.917 bits per heavy atom. The van der Waals surface area contributed by atoms with Crippen LogP contribution in [0.3, 0.4) is 0 Å². The third kappa shape index (κ3) is 2.83. The first-order chi connectivity index (χ1) is 17.5. The van der Waals surface area contributed by atoms with Crippen LogP contribution in [-0.2, 0) is 16.8 Å². The van der Waals surface area contributed by atoms with Crippen LogP contribution in [0.15, 0.2) is 82.0 Å². The summed E-state index contributed by atoms with van der Waals surface area (Å²) < 4.78 is 11.3. The highest BCUT2D eigenvalue weighted by Crippen LogP contribution is 2.52. The smallest absolute Gasteiger partial charge is 0.291 e. The summed E-state index contributed by atoms with van der Waals surface area (Å²) in [6, 6.07) is 21.8. The van der Waals surface area contributed by atoms with Gasteiger partial charge in [0.15, 0.2) is 11.0 Å². The van der Waals surface area contributed by atoms with Gasteiger partial charge in [-0.25, -0.2) is 0 Å². The van der Waals surface area contributed by atoms with E-state index in [2.05, 4.69) is 0 Å². The van der Waals surface area contributed by atoms with Gasteiger partial charge in [0.2, 0.25) is 5.76 Å². The van der Waals surface area contributed by atoms with Crippen LogP contribution in [0.1, 0.15) is 34.2 Å². The Morgan fingerprint density at radius 3 is 2.39 bits per heavy atom. The molecule has 6 rings (SSSR count). The van der Waals surface area contributed by atoms with Crippen molar-refractivity contribution >= 4 is 28.5 Å². The van der Waals surface area contributed by atoms with E-state index in [9.17, 15) is 14.4 Å². The van der Waals surface area contributed by atoms with Crippen molar-refractivity contribution in [3.05, 3.63) is 105 Å². The standard InChI is InChI=1S/C29H24N2O5/c1-3-30-22-10-6-5-9-21(22)29(28(30)34)24-25(32)20-8-4-7-11-23(20)36-26(24)27(33)31(29)17-16-18-12-14-19(35-2)15-13-18/h4-15H,3,16-17H2,1-2H3/t29-/m1/s1. The highest BCUT2D eigenvalue weighted by atomic mass is 16.5. The number of hydrogen-bond acceptors (Lipinski definition) is 5. The fourth-order valence-corrected chi connectivity index (χ4v) is 5.58. The first-order valence-corrected chi connectivity index (χ1v) is 11.9. The summed E-state index contributed by atoms with van der Waals surface area (Å²) in [5, 5.41) is 0.348. The number of para-hydroxylation sites is 2. The van der Waals surface area contributed by atoms with Gasteiger partial charge in [0.1, 0.15) is 11.3 Å². The van der Waals surface area contributed by atoms with Crippen LogP contribution < -0.4 is 15.1 Å². The second-order valence-corrected chi connectivity index (χ2v) is 8.96. The number of ether oxygens (including phenoxy) is 1. The Balaban J connectivity index is 1.58. The average molecular weight is 481 g/mol. The minimum Gasteiger partial charge on any atom is -0.497 e. The van der Waals surface area contributed by atoms with E-state index in [0.29, 0.717) is 35.2 Å². The molecular weight excluding hydrogens is 456 g/mol. The molecule has 0 radical (unpaired) electrons. The SMILES string of the molecule is CCN1C(=O)[C@@]2(c3ccccc31)c1c(oc3ccccc3c1=O)C(=O)N2CCc1ccc(OC)cc1. The van der Waals surface area contributed by atoms with Gasteiger partial charge < -0.3 is 19.0 Å². The molecule has 0 bridgehead atoms. The zero-order chi connectivity index (χ0) is 25.0. The topological polar surface area (TPSA) is 80.1 Å². The fourth-order valence-electron chi connectivity index (χ4n) is 5.58. The van der Waals surface area contributed by atoms with Gasteiger partial charge >= 0.3 is 0 Å². The van der Waals surface area contributed by atoms with E-state index >= 15 is 0 Å². The summed E-state index contributed by atoms with van der Waals surface area (Å²) in [6.07, 6.45) is 0.487. The molecule has 0 saturated heterocycles. The van der Waals surface area contributed by atoms with Gasteiger partial charge in [-0.1, -0.05) is 42.5 Å². The number of methoxy groups -OCH3 is 1. The average Bonchev–Trinajstić information content (AvgIpc) is 3.31. The van der Waals surface area contributed by atoms with E-state index in [0.717, 1.165) is 11.3 Å². The van der Waals surface area contributed by atoms with Crippen molar-refractivity contribution in [2.75, 3.05) is 25.1 Å². The second kappa shape index (κ2) is 8.09. The molecule has 2 aliphatic rings. The molecule has 3 heterocycles. The number of amides is 2. The van der Waals surface area contributed by atoms with E-state index in [-0.39, 0.29) is 29.2 Å². The monoisotopic (exact) mass is 480 g/mol. The van der Waals surface area contributed by atoms with Gasteiger partial charge in [-0.05, 0) is 49.2 Å². The molecule has 4 aromatic rings. The summed E-state index contributed by atoms with van der Waals surface area (Å²) in [4.78, 5) is 45.3. The minimum atomic E-state index is -1.57. The Morgan fingerprint density at radius 2 is 1.64 bits per heavy atom. The van der Waals surface area contributed by atoms with E-state index in [4.69, 9.17) is 9.15 Å². The Labute approximate surface area is 207 Å². The highest BCUT2D eigenvalue weighted by molar-refractivity contribution is 6.17. The minimum absolute atomic E-state index is 0.0606. The van der Waals surface area contributed by atoms with Crippen LogP contribution >= 0.6 is 0 Å². The lowest BCUT2D eigenvalue weighted by atomic mass is 9.83. The number of nitrogens with zero attached hydrogens (tertiary/aromatic N) is 2. The molecular formula is C29H24N2O5. The predicted molar refractivity (Wildman–Crippen MR) is 135 cm³/mol. The van der Waals surface area contributed by atoms with Crippen molar-refractivity contribution in [2.45, 2.75) is 18.9 Å². The molecule has 7 heteroatoms. The highest BCUT2D eigenvalue weighted by Gasteiger charge is 2.64. The fraction of sp³-hybridized carbons (Fsp3) is 0.207. The van der Waals surface area contributed by atoms with Gasteiger partial charge in [-0.3, -0.25) is 14.4 Å². The first-order valence-electron chi connectivity index (χ1n) is 11.9. The molecule has 2 amide bonds. The van der Waals surface area contributed by atoms with Gasteiger partial charge in [-0.15, -0.1) is 0 Å². The van der Waals surface area contributed by atoms with E-state index < -0.39 is 11.4 Å². The van der Waals surface area contributed by atoms with E-state index in [1.54, 1.807) is 36.3 Å². The number of carbonyl (C=O) groups excluding carboxylic acids is 2. The predicted octanol–water partition coefficient (Wildman–Crippen LogP) is 4.11. The summed E-state index contributed by atoms with van der Waals surface area (Å²) in [5.41, 5.74) is 0.811. The lowest BCUT2D eigenvalue weighted by molar-refractivity contribution is -0.126. The van der Waals surface area contributed by atoms with Crippen molar-refractivity contribution < 1.29 is 18.7 Å². The molecule has 1 atom stereocenters. The van der Waals surface area contributed by atoms with Crippen molar-refractivity contribution in [3.8, 4) is 5.75 Å². The van der Waals surface area contributed by atoms with Crippen molar-refractivity contribution in [1.82, 2.24) is 4.90 Å². The summed E-state index contributed by atoms with van der Waals surface area (Å²) in [6.45, 7) is 2.52. The lowest BCUT2D eigenvalue weighted by Crippen LogP contribution is -2.54. The van der Waals surface area contributed by atoms with Gasteiger partial charge in [0.25, 0.3) is 11.8 Å². The van der Waals surface area contributed by atoms with Crippen LogP contribution in [0.4, 0.5) is 5.69 Å². The van der Waals surface area contributed by atoms with Gasteiger partial charge in [-0.2, -0.15) is 0 Å². The van der Waals surface area contributed by atoms with Crippen LogP contribution in [0.5, 0.6) is 5.75 Å². The van der Waals surface area contributed by atoms with Crippen molar-refractivity contribution in [1.29, 1.82) is 0 Å². The maximum atomic E-state index is 14.3. The molecule has 180 valence electrons. The lowest BCUT2D eigenvalue weighted by Gasteiger charge is -2.34. The summed E-state index contributed by atoms with van der Waals surface area (Å²) in [7, 11) is 1.61. The zero-order valence-corrected chi connectivity index (χ0v) is 20.0. The Kier molecular flexibility index (Phi) is 4.96. The number of carbonyl (C=O) groups is 2. The van der Waals surface area contributed by atoms with Crippen LogP contribution in [-0.4, -0.2) is 36.9 Å². The Bertz CT molecular complexity index is 1590. The molecule has 0 aliphatic carbocycles. The summed E-state index contributed by atoms with van der Waals surface area (Å²) in [5.74, 6) is -0.0903. The van der Waals surface area contributed by atoms with Gasteiger partial charge in [0, 0.05) is 18.7 Å². The van der Waals surface area contributed by atoms with E-state index in [1.807, 2.05) is 55.5 Å². The Hall–Kier alpha value is -4.39. The molecule has 0 N–H and O–H groups in total. The molecule has 0 saturated carbocycles. The molecule has 0 fully saturated rings.